The van der Waals surface area contributed by atoms with E-state index in [-0.39, 0.29) is 7.43 Å². The van der Waals surface area contributed by atoms with Gasteiger partial charge in [-0.2, -0.15) is 0 Å². The van der Waals surface area contributed by atoms with Crippen molar-refractivity contribution >= 4 is 162 Å². The van der Waals surface area contributed by atoms with Crippen LogP contribution in [-0.4, -0.2) is 133 Å². The predicted octanol–water partition coefficient (Wildman–Crippen LogP) is 16.2. The van der Waals surface area contributed by atoms with Crippen LogP contribution in [0.1, 0.15) is 80.6 Å². The van der Waals surface area contributed by atoms with Crippen molar-refractivity contribution in [3.05, 3.63) is 243 Å². The average molecular weight is 1750 g/mol. The summed E-state index contributed by atoms with van der Waals surface area (Å²) in [6.45, 7) is 45.7. The summed E-state index contributed by atoms with van der Waals surface area (Å²) in [5, 5.41) is 4.46. The molecule has 3 atom stereocenters. The first-order chi connectivity index (χ1) is 52.0. The van der Waals surface area contributed by atoms with Crippen molar-refractivity contribution in [2.45, 2.75) is 210 Å². The molecule has 111 heavy (non-hydrogen) atoms. The summed E-state index contributed by atoms with van der Waals surface area (Å²) >= 11 is 0. The van der Waals surface area contributed by atoms with Gasteiger partial charge in [0.1, 0.15) is 0 Å². The molecule has 0 N–H and O–H groups in total. The Morgan fingerprint density at radius 2 is 0.495 bits per heavy atom. The molecule has 5 saturated heterocycles. The molecule has 0 amide bonds. The van der Waals surface area contributed by atoms with Gasteiger partial charge in [0.25, 0.3) is 0 Å². The van der Waals surface area contributed by atoms with Crippen molar-refractivity contribution in [2.75, 3.05) is 0 Å². The first kappa shape index (κ1) is 91.1. The van der Waals surface area contributed by atoms with Crippen molar-refractivity contribution in [1.29, 1.82) is 0 Å². The molecule has 30 heteroatoms. The Morgan fingerprint density at radius 1 is 0.288 bits per heavy atom. The van der Waals surface area contributed by atoms with Gasteiger partial charge >= 0.3 is 70.4 Å². The highest BCUT2D eigenvalue weighted by molar-refractivity contribution is 7.11. The van der Waals surface area contributed by atoms with Gasteiger partial charge in [0.15, 0.2) is 49.9 Å². The van der Waals surface area contributed by atoms with E-state index in [2.05, 4.69) is 126 Å². The molecule has 0 aromatic heterocycles. The lowest BCUT2D eigenvalue weighted by Crippen LogP contribution is -2.91. The van der Waals surface area contributed by atoms with Crippen LogP contribution in [0.25, 0.3) is 0 Å². The van der Waals surface area contributed by atoms with Crippen molar-refractivity contribution in [3.8, 4) is 0 Å². The quantitative estimate of drug-likeness (QED) is 0.0441. The van der Waals surface area contributed by atoms with Crippen molar-refractivity contribution in [3.63, 3.8) is 0 Å². The van der Waals surface area contributed by atoms with E-state index in [1.807, 2.05) is 257 Å². The Hall–Kier alpha value is -3.84. The van der Waals surface area contributed by atoms with E-state index in [0.717, 1.165) is 5.92 Å². The molecule has 16 nitrogen and oxygen atoms in total. The third-order valence-electron chi connectivity index (χ3n) is 18.4. The number of benzene rings is 8. The van der Waals surface area contributed by atoms with Gasteiger partial charge in [-0.05, 0) is 142 Å². The van der Waals surface area contributed by atoms with Crippen molar-refractivity contribution in [2.24, 2.45) is 5.92 Å². The van der Waals surface area contributed by atoms with Gasteiger partial charge < -0.3 is 66.5 Å². The molecular weight excluding hydrogens is 1620 g/mol. The molecule has 1 saturated carbocycles. The summed E-state index contributed by atoms with van der Waals surface area (Å²) in [5.41, 5.74) is 0. The molecule has 602 valence electrons. The fourth-order valence-electron chi connectivity index (χ4n) is 14.3. The van der Waals surface area contributed by atoms with Gasteiger partial charge in [0.2, 0.25) is 0 Å². The fourth-order valence-corrected chi connectivity index (χ4v) is 79.7. The van der Waals surface area contributed by atoms with Crippen LogP contribution in [0, 0.1) is 5.92 Å². The summed E-state index contributed by atoms with van der Waals surface area (Å²) in [4.78, 5) is 0. The summed E-state index contributed by atoms with van der Waals surface area (Å²) in [5.74, 6) is 0.980. The Balaban J connectivity index is 0.000000484. The summed E-state index contributed by atoms with van der Waals surface area (Å²) < 4.78 is 130. The van der Waals surface area contributed by atoms with Gasteiger partial charge in [0, 0.05) is 41.5 Å². The zero-order valence-corrected chi connectivity index (χ0v) is 83.0. The minimum atomic E-state index is -5.23. The third-order valence-corrected chi connectivity index (χ3v) is 70.2. The molecule has 5 heterocycles. The zero-order chi connectivity index (χ0) is 79.6. The molecule has 6 fully saturated rings. The van der Waals surface area contributed by atoms with Crippen LogP contribution >= 0.6 is 0 Å². The summed E-state index contributed by atoms with van der Waals surface area (Å²) in [7, 11) is -54.6. The Labute approximate surface area is 681 Å². The first-order valence-electron chi connectivity index (χ1n) is 39.6. The summed E-state index contributed by atoms with van der Waals surface area (Å²) in [6, 6.07) is 81.1. The molecule has 14 rings (SSSR count). The highest BCUT2D eigenvalue weighted by Gasteiger charge is 2.81. The minimum Gasteiger partial charge on any atom is -0.455 e. The van der Waals surface area contributed by atoms with E-state index in [1.165, 1.54) is 50.6 Å². The van der Waals surface area contributed by atoms with E-state index < -0.39 is 120 Å². The van der Waals surface area contributed by atoms with Crippen LogP contribution in [0.2, 0.25) is 117 Å². The van der Waals surface area contributed by atoms with Crippen molar-refractivity contribution < 1.29 is 66.5 Å². The minimum absolute atomic E-state index is 0. The maximum atomic E-state index is 8.78. The number of hydrogen-bond donors (Lipinski definition) is 0. The predicted molar refractivity (Wildman–Crippen MR) is 484 cm³/mol. The Bertz CT molecular complexity index is 3630. The standard InChI is InChI=1S/C60H76O14Si12.C10H26OSi2.C8H14O.C2H6.CH4/c1-75(2,3)61-79(53-37-21-13-22-38-53)65-83(57-45-29-17-30-46-57)67-80(62-76(4,5)6,54-39-23-14-24-40-54)68-84(66-79,58-47-31-18-32-48-58)74-86(60-51-35-20-36-52-60)70-81(63-77(7,8)9,55-41-25-15-26-42-55)69-85(73-83,59-49-33-19-34-50-59)71-82(72-86,64-78(10,11)12)56-43-27-16-28-44-56;1-7-9-12(3,4)11-13(5,6)10-8-2;1-2-6-3-4-7-8(5-6)9-7;1-2;/h13-52H,1-12H3;7-10H2,1-6H3;6-8H,2-5H2,1H3;1-2H3;1H4. The molecular formula is C81H126O16Si14. The second kappa shape index (κ2) is 37.4. The van der Waals surface area contributed by atoms with Crippen LogP contribution in [0.5, 0.6) is 0 Å². The van der Waals surface area contributed by atoms with Crippen LogP contribution in [0.3, 0.4) is 0 Å². The van der Waals surface area contributed by atoms with E-state index in [4.69, 9.17) is 66.5 Å². The first-order valence-corrected chi connectivity index (χ1v) is 73.2. The zero-order valence-electron chi connectivity index (χ0n) is 69.0. The van der Waals surface area contributed by atoms with E-state index in [0.29, 0.717) is 53.7 Å². The van der Waals surface area contributed by atoms with Gasteiger partial charge in [-0.3, -0.25) is 0 Å². The second-order valence-corrected chi connectivity index (χ2v) is 84.4. The Morgan fingerprint density at radius 3 is 0.676 bits per heavy atom. The molecule has 3 unspecified atom stereocenters. The number of epoxide rings is 1. The molecule has 0 spiro atoms. The van der Waals surface area contributed by atoms with Gasteiger partial charge in [0.05, 0.1) is 12.2 Å². The van der Waals surface area contributed by atoms with Gasteiger partial charge in [-0.25, -0.2) is 0 Å². The summed E-state index contributed by atoms with van der Waals surface area (Å²) in [6.07, 6.45) is 9.37. The number of rotatable bonds is 23. The molecule has 4 bridgehead atoms. The van der Waals surface area contributed by atoms with Crippen LogP contribution < -0.4 is 41.5 Å². The number of hydrogen-bond acceptors (Lipinski definition) is 16. The van der Waals surface area contributed by atoms with E-state index in [1.54, 1.807) is 0 Å². The molecule has 8 aromatic carbocycles. The Kier molecular flexibility index (Phi) is 30.7. The van der Waals surface area contributed by atoms with E-state index in [9.17, 15) is 0 Å². The van der Waals surface area contributed by atoms with Gasteiger partial charge in [-0.15, -0.1) is 0 Å². The van der Waals surface area contributed by atoms with E-state index >= 15 is 0 Å². The average Bonchev–Trinajstić information content (AvgIpc) is 0.841. The normalized spacial score (nSPS) is 28.2. The lowest BCUT2D eigenvalue weighted by atomic mass is 9.88. The molecule has 5 aliphatic heterocycles. The van der Waals surface area contributed by atoms with Crippen LogP contribution in [-0.2, 0) is 66.5 Å². The number of ether oxygens (including phenoxy) is 1. The maximum absolute atomic E-state index is 8.78. The molecule has 1 aliphatic carbocycles. The SMILES string of the molecule is C.CC.CCC1CCC2OC2C1.CCC[Si](C)(C)O[Si](C)(C)CCC.C[Si](C)(C)O[Si]1(c2ccccc2)O[Si]2(c3ccccc3)O[Si](O[Si](C)(C)C)(c3ccccc3)O[Si](c3ccccc3)(O1)O[Si]1(c3ccccc3)O[Si](O[Si](C)(C)C)(c3ccccc3)O[Si](c3ccccc3)(O[Si](O[Si](C)(C)C)(c3ccccc3)O1)O2. The third kappa shape index (κ3) is 23.1. The number of fused-ring (bicyclic) bond motifs is 5. The molecule has 0 radical (unpaired) electrons. The van der Waals surface area contributed by atoms with Crippen LogP contribution in [0.15, 0.2) is 243 Å². The highest BCUT2D eigenvalue weighted by atomic mass is 28.6. The van der Waals surface area contributed by atoms with Crippen LogP contribution in [0.4, 0.5) is 0 Å². The fraction of sp³-hybridized carbons (Fsp3) is 0.407. The lowest BCUT2D eigenvalue weighted by molar-refractivity contribution is 0.0484. The molecule has 8 aromatic rings. The largest absolute Gasteiger partial charge is 0.515 e. The topological polar surface area (TPSA) is 151 Å². The smallest absolute Gasteiger partial charge is 0.455 e. The molecule has 6 aliphatic rings. The lowest BCUT2D eigenvalue weighted by Gasteiger charge is -2.58. The van der Waals surface area contributed by atoms with Gasteiger partial charge in [-0.1, -0.05) is 304 Å². The van der Waals surface area contributed by atoms with Crippen molar-refractivity contribution in [1.82, 2.24) is 0 Å². The maximum Gasteiger partial charge on any atom is 0.515 e. The highest BCUT2D eigenvalue weighted by Crippen LogP contribution is 2.46. The second-order valence-electron chi connectivity index (χ2n) is 33.7. The monoisotopic (exact) mass is 1750 g/mol.